The molecule has 0 N–H and O–H groups in total. The number of carbonyl (C=O) groups excluding carboxylic acids is 1. The van der Waals surface area contributed by atoms with Crippen LogP contribution >= 0.6 is 11.3 Å². The average molecular weight is 343 g/mol. The molecule has 6 heteroatoms. The van der Waals surface area contributed by atoms with Crippen molar-refractivity contribution < 1.29 is 4.79 Å². The van der Waals surface area contributed by atoms with Crippen LogP contribution in [-0.4, -0.2) is 34.3 Å². The van der Waals surface area contributed by atoms with Crippen molar-refractivity contribution >= 4 is 27.3 Å². The van der Waals surface area contributed by atoms with Crippen LogP contribution in [0.5, 0.6) is 0 Å². The van der Waals surface area contributed by atoms with Gasteiger partial charge in [0.2, 0.25) is 5.78 Å². The van der Waals surface area contributed by atoms with Crippen LogP contribution in [0.1, 0.15) is 46.7 Å². The number of aromatic nitrogens is 2. The van der Waals surface area contributed by atoms with E-state index in [4.69, 9.17) is 4.98 Å². The summed E-state index contributed by atoms with van der Waals surface area (Å²) in [6, 6.07) is 0. The van der Waals surface area contributed by atoms with E-state index in [1.807, 2.05) is 29.8 Å². The molecule has 0 aromatic carbocycles. The van der Waals surface area contributed by atoms with Gasteiger partial charge in [-0.1, -0.05) is 6.42 Å². The molecule has 0 bridgehead atoms. The van der Waals surface area contributed by atoms with Crippen LogP contribution in [0.25, 0.3) is 10.2 Å². The van der Waals surface area contributed by atoms with E-state index >= 15 is 0 Å². The fraction of sp³-hybridized carbons (Fsp3) is 0.500. The molecule has 0 atom stereocenters. The van der Waals surface area contributed by atoms with Crippen molar-refractivity contribution in [3.63, 3.8) is 0 Å². The average Bonchev–Trinajstić information content (AvgIpc) is 2.74. The molecular weight excluding hydrogens is 322 g/mol. The number of Topliss-reactive ketones (excluding diaryl/α,β-unsaturated/α-hetero) is 1. The minimum atomic E-state index is 0.0576. The van der Waals surface area contributed by atoms with Gasteiger partial charge in [0.1, 0.15) is 10.7 Å². The topological polar surface area (TPSA) is 55.2 Å². The van der Waals surface area contributed by atoms with Crippen LogP contribution in [0, 0.1) is 0 Å². The summed E-state index contributed by atoms with van der Waals surface area (Å²) in [5.74, 6) is 0.952. The minimum Gasteiger partial charge on any atom is -0.383 e. The first-order chi connectivity index (χ1) is 11.6. The molecule has 2 aromatic heterocycles. The molecule has 0 unspecified atom stereocenters. The number of hydrogen-bond donors (Lipinski definition) is 0. The van der Waals surface area contributed by atoms with Crippen molar-refractivity contribution in [2.45, 2.75) is 45.1 Å². The van der Waals surface area contributed by atoms with Gasteiger partial charge in [-0.15, -0.1) is 11.3 Å². The number of thiophene rings is 1. The van der Waals surface area contributed by atoms with E-state index in [9.17, 15) is 9.59 Å². The number of carbonyl (C=O) groups is 1. The van der Waals surface area contributed by atoms with E-state index in [1.165, 1.54) is 11.3 Å². The fourth-order valence-corrected chi connectivity index (χ4v) is 4.92. The van der Waals surface area contributed by atoms with E-state index in [1.54, 1.807) is 0 Å². The second-order valence-electron chi connectivity index (χ2n) is 6.83. The minimum absolute atomic E-state index is 0.0576. The molecule has 0 saturated carbocycles. The van der Waals surface area contributed by atoms with Gasteiger partial charge in [0.25, 0.3) is 5.56 Å². The molecule has 5 nitrogen and oxygen atoms in total. The number of ketones is 1. The van der Waals surface area contributed by atoms with E-state index < -0.39 is 0 Å². The van der Waals surface area contributed by atoms with Gasteiger partial charge in [0.15, 0.2) is 0 Å². The van der Waals surface area contributed by atoms with Gasteiger partial charge in [0.05, 0.1) is 10.3 Å². The summed E-state index contributed by atoms with van der Waals surface area (Å²) in [7, 11) is 3.84. The summed E-state index contributed by atoms with van der Waals surface area (Å²) in [5.41, 5.74) is 1.80. The third kappa shape index (κ3) is 2.40. The maximum atomic E-state index is 13.0. The normalized spacial score (nSPS) is 19.2. The summed E-state index contributed by atoms with van der Waals surface area (Å²) in [5, 5.41) is 0.693. The lowest BCUT2D eigenvalue weighted by Crippen LogP contribution is -2.25. The Morgan fingerprint density at radius 3 is 2.75 bits per heavy atom. The summed E-state index contributed by atoms with van der Waals surface area (Å²) >= 11 is 1.40. The Labute approximate surface area is 144 Å². The molecule has 0 fully saturated rings. The van der Waals surface area contributed by atoms with E-state index in [-0.39, 0.29) is 11.3 Å². The van der Waals surface area contributed by atoms with Crippen molar-refractivity contribution in [2.75, 3.05) is 14.1 Å². The van der Waals surface area contributed by atoms with Gasteiger partial charge >= 0.3 is 0 Å². The van der Waals surface area contributed by atoms with Crippen LogP contribution in [0.15, 0.2) is 16.6 Å². The first-order valence-corrected chi connectivity index (χ1v) is 9.35. The molecule has 2 aliphatic rings. The third-order valence-corrected chi connectivity index (χ3v) is 5.95. The van der Waals surface area contributed by atoms with E-state index in [0.717, 1.165) is 65.3 Å². The predicted molar refractivity (Wildman–Crippen MR) is 95.9 cm³/mol. The summed E-state index contributed by atoms with van der Waals surface area (Å²) in [6.07, 6.45) is 7.44. The van der Waals surface area contributed by atoms with Crippen LogP contribution in [-0.2, 0) is 19.4 Å². The maximum Gasteiger partial charge on any atom is 0.262 e. The Morgan fingerprint density at radius 1 is 1.12 bits per heavy atom. The predicted octanol–water partition coefficient (Wildman–Crippen LogP) is 2.76. The van der Waals surface area contributed by atoms with Crippen molar-refractivity contribution in [2.24, 2.45) is 0 Å². The first-order valence-electron chi connectivity index (χ1n) is 8.53. The molecule has 0 amide bonds. The number of rotatable bonds is 1. The van der Waals surface area contributed by atoms with Crippen LogP contribution < -0.4 is 5.56 Å². The van der Waals surface area contributed by atoms with E-state index in [0.29, 0.717) is 11.8 Å². The highest BCUT2D eigenvalue weighted by molar-refractivity contribution is 7.20. The Kier molecular flexibility index (Phi) is 3.79. The first kappa shape index (κ1) is 15.6. The van der Waals surface area contributed by atoms with Crippen molar-refractivity contribution in [3.05, 3.63) is 38.4 Å². The Balaban J connectivity index is 1.91. The fourth-order valence-electron chi connectivity index (χ4n) is 3.71. The number of allylic oxidation sites excluding steroid dienone is 1. The van der Waals surface area contributed by atoms with Crippen LogP contribution in [0.2, 0.25) is 0 Å². The van der Waals surface area contributed by atoms with Gasteiger partial charge in [0, 0.05) is 38.8 Å². The number of nitrogens with zero attached hydrogens (tertiary/aromatic N) is 3. The van der Waals surface area contributed by atoms with Crippen molar-refractivity contribution in [1.82, 2.24) is 14.5 Å². The maximum absolute atomic E-state index is 13.0. The van der Waals surface area contributed by atoms with Gasteiger partial charge < -0.3 is 4.90 Å². The van der Waals surface area contributed by atoms with Gasteiger partial charge in [-0.3, -0.25) is 14.2 Å². The van der Waals surface area contributed by atoms with Crippen molar-refractivity contribution in [1.29, 1.82) is 0 Å². The highest BCUT2D eigenvalue weighted by Crippen LogP contribution is 2.36. The van der Waals surface area contributed by atoms with Gasteiger partial charge in [-0.25, -0.2) is 4.98 Å². The highest BCUT2D eigenvalue weighted by atomic mass is 32.1. The molecule has 0 radical (unpaired) electrons. The monoisotopic (exact) mass is 343 g/mol. The third-order valence-electron chi connectivity index (χ3n) is 4.83. The Morgan fingerprint density at radius 2 is 1.96 bits per heavy atom. The largest absolute Gasteiger partial charge is 0.383 e. The molecule has 1 aliphatic carbocycles. The summed E-state index contributed by atoms with van der Waals surface area (Å²) < 4.78 is 1.85. The molecule has 3 heterocycles. The molecule has 0 spiro atoms. The summed E-state index contributed by atoms with van der Waals surface area (Å²) in [4.78, 5) is 33.9. The number of aryl methyl sites for hydroxylation is 2. The molecule has 4 rings (SSSR count). The standard InChI is InChI=1S/C18H21N3O2S/c1-20(2)10-11-7-8-12-14-17(24-16(12)15(11)22)19-13-6-4-3-5-9-21(13)18(14)23/h10H,3-9H2,1-2H3/b11-10-. The summed E-state index contributed by atoms with van der Waals surface area (Å²) in [6.45, 7) is 0.751. The lowest BCUT2D eigenvalue weighted by atomic mass is 9.92. The quantitative estimate of drug-likeness (QED) is 0.747. The second kappa shape index (κ2) is 5.84. The van der Waals surface area contributed by atoms with Crippen LogP contribution in [0.4, 0.5) is 0 Å². The molecule has 126 valence electrons. The Hall–Kier alpha value is -1.95. The molecule has 0 saturated heterocycles. The zero-order chi connectivity index (χ0) is 16.8. The lowest BCUT2D eigenvalue weighted by molar-refractivity contribution is 0.102. The van der Waals surface area contributed by atoms with E-state index in [2.05, 4.69) is 0 Å². The van der Waals surface area contributed by atoms with Gasteiger partial charge in [-0.2, -0.15) is 0 Å². The molecular formula is C18H21N3O2S. The number of fused-ring (bicyclic) bond motifs is 4. The van der Waals surface area contributed by atoms with Gasteiger partial charge in [-0.05, 0) is 31.2 Å². The molecule has 24 heavy (non-hydrogen) atoms. The zero-order valence-electron chi connectivity index (χ0n) is 14.1. The zero-order valence-corrected chi connectivity index (χ0v) is 14.9. The molecule has 2 aromatic rings. The highest BCUT2D eigenvalue weighted by Gasteiger charge is 2.29. The molecule has 1 aliphatic heterocycles. The second-order valence-corrected chi connectivity index (χ2v) is 7.83. The number of hydrogen-bond acceptors (Lipinski definition) is 5. The SMILES string of the molecule is CN(C)/C=C1/CCc2c(sc3nc4n(c(=O)c23)CCCCC4)C1=O. The van der Waals surface area contributed by atoms with Crippen LogP contribution in [0.3, 0.4) is 0 Å². The van der Waals surface area contributed by atoms with Crippen molar-refractivity contribution in [3.8, 4) is 0 Å². The lowest BCUT2D eigenvalue weighted by Gasteiger charge is -2.16. The smallest absolute Gasteiger partial charge is 0.262 e. The Bertz CT molecular complexity index is 920.